The summed E-state index contributed by atoms with van der Waals surface area (Å²) in [5, 5.41) is 9.71. The molecule has 0 aliphatic rings. The van der Waals surface area contributed by atoms with E-state index in [0.717, 1.165) is 0 Å². The molecule has 0 fully saturated rings. The van der Waals surface area contributed by atoms with E-state index < -0.39 is 19.9 Å². The monoisotopic (exact) mass is 288 g/mol. The van der Waals surface area contributed by atoms with Gasteiger partial charge in [0.15, 0.2) is 11.2 Å². The van der Waals surface area contributed by atoms with Crippen molar-refractivity contribution >= 4 is 18.8 Å². The van der Waals surface area contributed by atoms with E-state index in [1.54, 1.807) is 0 Å². The Kier molecular flexibility index (Phi) is 3.81. The molecule has 4 N–H and O–H groups in total. The van der Waals surface area contributed by atoms with Crippen LogP contribution in [0, 0.1) is 0 Å². The largest absolute Gasteiger partial charge is 0.391 e. The molecule has 0 aliphatic heterocycles. The SMILES string of the molecule is O=c1[nH]cnc2c1ncn2C[C@@H](O)CCP(=O)(O)O. The van der Waals surface area contributed by atoms with Gasteiger partial charge in [0.2, 0.25) is 0 Å². The number of hydrogen-bond acceptors (Lipinski definition) is 5. The Labute approximate surface area is 107 Å². The first kappa shape index (κ1) is 13.9. The maximum absolute atomic E-state index is 11.4. The van der Waals surface area contributed by atoms with Gasteiger partial charge in [0, 0.05) is 0 Å². The summed E-state index contributed by atoms with van der Waals surface area (Å²) in [5.74, 6) is 0. The van der Waals surface area contributed by atoms with Crippen molar-refractivity contribution in [1.29, 1.82) is 0 Å². The minimum Gasteiger partial charge on any atom is -0.391 e. The zero-order valence-electron chi connectivity index (χ0n) is 9.80. The number of hydrogen-bond donors (Lipinski definition) is 4. The average molecular weight is 288 g/mol. The maximum Gasteiger partial charge on any atom is 0.325 e. The molecule has 2 aromatic heterocycles. The van der Waals surface area contributed by atoms with Crippen LogP contribution >= 0.6 is 7.60 Å². The van der Waals surface area contributed by atoms with Gasteiger partial charge in [-0.05, 0) is 6.42 Å². The molecule has 2 aromatic rings. The smallest absolute Gasteiger partial charge is 0.325 e. The van der Waals surface area contributed by atoms with Crippen LogP contribution in [0.3, 0.4) is 0 Å². The number of rotatable bonds is 5. The summed E-state index contributed by atoms with van der Waals surface area (Å²) in [5.41, 5.74) is 0.0946. The first-order valence-electron chi connectivity index (χ1n) is 5.48. The van der Waals surface area contributed by atoms with Crippen LogP contribution < -0.4 is 5.56 Å². The third kappa shape index (κ3) is 3.48. The Bertz CT molecular complexity index is 675. The highest BCUT2D eigenvalue weighted by Gasteiger charge is 2.17. The molecule has 104 valence electrons. The standard InChI is InChI=1S/C9H13N4O5P/c14-6(1-2-19(16,17)18)3-13-5-12-7-8(13)10-4-11-9(7)15/h4-6,14H,1-3H2,(H,10,11,15)(H2,16,17,18)/t6-/m0/s1. The molecule has 0 aromatic carbocycles. The first-order chi connectivity index (χ1) is 8.87. The van der Waals surface area contributed by atoms with E-state index in [9.17, 15) is 14.5 Å². The number of aromatic nitrogens is 4. The molecule has 2 rings (SSSR count). The molecule has 0 spiro atoms. The number of aliphatic hydroxyl groups is 1. The minimum atomic E-state index is -4.12. The Morgan fingerprint density at radius 3 is 2.84 bits per heavy atom. The second-order valence-corrected chi connectivity index (χ2v) is 5.91. The van der Waals surface area contributed by atoms with Crippen molar-refractivity contribution in [2.45, 2.75) is 19.1 Å². The van der Waals surface area contributed by atoms with Crippen molar-refractivity contribution in [1.82, 2.24) is 19.5 Å². The summed E-state index contributed by atoms with van der Waals surface area (Å²) in [4.78, 5) is 39.0. The van der Waals surface area contributed by atoms with Crippen LogP contribution in [-0.4, -0.2) is 46.7 Å². The summed E-state index contributed by atoms with van der Waals surface area (Å²) in [6, 6.07) is 0. The maximum atomic E-state index is 11.4. The number of fused-ring (bicyclic) bond motifs is 1. The fraction of sp³-hybridized carbons (Fsp3) is 0.444. The van der Waals surface area contributed by atoms with Gasteiger partial charge in [-0.3, -0.25) is 9.36 Å². The molecular weight excluding hydrogens is 275 g/mol. The highest BCUT2D eigenvalue weighted by atomic mass is 31.2. The van der Waals surface area contributed by atoms with Gasteiger partial charge in [0.25, 0.3) is 5.56 Å². The van der Waals surface area contributed by atoms with Gasteiger partial charge < -0.3 is 24.4 Å². The van der Waals surface area contributed by atoms with E-state index in [4.69, 9.17) is 9.79 Å². The van der Waals surface area contributed by atoms with Gasteiger partial charge in [0.05, 0.1) is 31.5 Å². The summed E-state index contributed by atoms with van der Waals surface area (Å²) < 4.78 is 12.2. The molecule has 0 bridgehead atoms. The Morgan fingerprint density at radius 1 is 1.42 bits per heavy atom. The number of H-pyrrole nitrogens is 1. The molecule has 0 unspecified atom stereocenters. The van der Waals surface area contributed by atoms with Gasteiger partial charge in [-0.25, -0.2) is 9.97 Å². The van der Waals surface area contributed by atoms with E-state index in [-0.39, 0.29) is 24.0 Å². The predicted octanol–water partition coefficient (Wildman–Crippen LogP) is -0.952. The molecule has 1 atom stereocenters. The first-order valence-corrected chi connectivity index (χ1v) is 7.28. The predicted molar refractivity (Wildman–Crippen MR) is 65.7 cm³/mol. The van der Waals surface area contributed by atoms with Crippen molar-refractivity contribution in [3.63, 3.8) is 0 Å². The normalized spacial score (nSPS) is 13.8. The Morgan fingerprint density at radius 2 is 2.16 bits per heavy atom. The number of nitrogens with zero attached hydrogens (tertiary/aromatic N) is 3. The van der Waals surface area contributed by atoms with Crippen LogP contribution in [0.4, 0.5) is 0 Å². The topological polar surface area (TPSA) is 141 Å². The van der Waals surface area contributed by atoms with Crippen LogP contribution in [0.1, 0.15) is 6.42 Å². The number of nitrogens with one attached hydrogen (secondary N) is 1. The quantitative estimate of drug-likeness (QED) is 0.519. The Hall–Kier alpha value is -1.54. The lowest BCUT2D eigenvalue weighted by Crippen LogP contribution is -2.17. The summed E-state index contributed by atoms with van der Waals surface area (Å²) in [6.07, 6.45) is 1.19. The van der Waals surface area contributed by atoms with Crippen LogP contribution in [-0.2, 0) is 11.1 Å². The van der Waals surface area contributed by atoms with Crippen LogP contribution in [0.5, 0.6) is 0 Å². The second-order valence-electron chi connectivity index (χ2n) is 4.13. The third-order valence-corrected chi connectivity index (χ3v) is 3.41. The van der Waals surface area contributed by atoms with Crippen molar-refractivity contribution < 1.29 is 19.5 Å². The second kappa shape index (κ2) is 5.22. The van der Waals surface area contributed by atoms with Gasteiger partial charge in [-0.15, -0.1) is 0 Å². The van der Waals surface area contributed by atoms with Gasteiger partial charge in [-0.1, -0.05) is 0 Å². The third-order valence-electron chi connectivity index (χ3n) is 2.57. The summed E-state index contributed by atoms with van der Waals surface area (Å²) >= 11 is 0. The molecule has 0 saturated carbocycles. The molecular formula is C9H13N4O5P. The Balaban J connectivity index is 2.11. The van der Waals surface area contributed by atoms with Crippen molar-refractivity contribution in [3.8, 4) is 0 Å². The van der Waals surface area contributed by atoms with E-state index in [2.05, 4.69) is 15.0 Å². The van der Waals surface area contributed by atoms with Crippen molar-refractivity contribution in [2.75, 3.05) is 6.16 Å². The molecule has 19 heavy (non-hydrogen) atoms. The highest BCUT2D eigenvalue weighted by Crippen LogP contribution is 2.35. The van der Waals surface area contributed by atoms with Crippen LogP contribution in [0.15, 0.2) is 17.4 Å². The molecule has 0 amide bonds. The molecule has 0 aliphatic carbocycles. The van der Waals surface area contributed by atoms with E-state index in [1.165, 1.54) is 17.2 Å². The van der Waals surface area contributed by atoms with Gasteiger partial charge >= 0.3 is 7.60 Å². The lowest BCUT2D eigenvalue weighted by molar-refractivity contribution is 0.149. The van der Waals surface area contributed by atoms with E-state index in [0.29, 0.717) is 5.65 Å². The van der Waals surface area contributed by atoms with Gasteiger partial charge in [-0.2, -0.15) is 0 Å². The number of aliphatic hydroxyl groups excluding tert-OH is 1. The number of imidazole rings is 1. The zero-order valence-corrected chi connectivity index (χ0v) is 10.7. The molecule has 9 nitrogen and oxygen atoms in total. The lowest BCUT2D eigenvalue weighted by Gasteiger charge is -2.12. The highest BCUT2D eigenvalue weighted by molar-refractivity contribution is 7.51. The minimum absolute atomic E-state index is 0.0485. The van der Waals surface area contributed by atoms with Crippen molar-refractivity contribution in [3.05, 3.63) is 23.0 Å². The molecule has 2 heterocycles. The summed E-state index contributed by atoms with van der Waals surface area (Å²) in [6.45, 7) is 0.0625. The fourth-order valence-corrected chi connectivity index (χ4v) is 2.30. The van der Waals surface area contributed by atoms with E-state index >= 15 is 0 Å². The van der Waals surface area contributed by atoms with Crippen LogP contribution in [0.25, 0.3) is 11.2 Å². The number of aromatic amines is 1. The van der Waals surface area contributed by atoms with Crippen LogP contribution in [0.2, 0.25) is 0 Å². The van der Waals surface area contributed by atoms with Gasteiger partial charge in [0.1, 0.15) is 0 Å². The van der Waals surface area contributed by atoms with Crippen molar-refractivity contribution in [2.24, 2.45) is 0 Å². The fourth-order valence-electron chi connectivity index (χ4n) is 1.66. The lowest BCUT2D eigenvalue weighted by atomic mass is 10.3. The molecule has 10 heteroatoms. The zero-order chi connectivity index (χ0) is 14.0. The molecule has 0 saturated heterocycles. The average Bonchev–Trinajstić information content (AvgIpc) is 2.71. The molecule has 0 radical (unpaired) electrons. The van der Waals surface area contributed by atoms with E-state index in [1.807, 2.05) is 0 Å². The summed E-state index contributed by atoms with van der Waals surface area (Å²) in [7, 11) is -4.12.